The van der Waals surface area contributed by atoms with E-state index in [4.69, 9.17) is 10.9 Å². The molecule has 3 N–H and O–H groups in total. The number of hydrogen-bond acceptors (Lipinski definition) is 4. The third-order valence-corrected chi connectivity index (χ3v) is 2.63. The van der Waals surface area contributed by atoms with Crippen molar-refractivity contribution in [2.24, 2.45) is 10.9 Å². The summed E-state index contributed by atoms with van der Waals surface area (Å²) in [5.74, 6) is 0.0713. The molecule has 6 heteroatoms. The molecule has 0 radical (unpaired) electrons. The van der Waals surface area contributed by atoms with Crippen LogP contribution in [0.4, 0.5) is 0 Å². The number of amidine groups is 1. The van der Waals surface area contributed by atoms with Crippen molar-refractivity contribution >= 4 is 23.1 Å². The molecule has 0 spiro atoms. The number of thiophene rings is 1. The summed E-state index contributed by atoms with van der Waals surface area (Å²) >= 11 is 1.48. The second-order valence-electron chi connectivity index (χ2n) is 3.08. The van der Waals surface area contributed by atoms with Gasteiger partial charge in [0, 0.05) is 25.4 Å². The van der Waals surface area contributed by atoms with Gasteiger partial charge >= 0.3 is 0 Å². The zero-order valence-corrected chi connectivity index (χ0v) is 9.20. The fourth-order valence-corrected chi connectivity index (χ4v) is 1.67. The first-order chi connectivity index (χ1) is 7.15. The molecular weight excluding hydrogens is 214 g/mol. The first kappa shape index (κ1) is 11.5. The average Bonchev–Trinajstić information content (AvgIpc) is 2.77. The average molecular weight is 227 g/mol. The van der Waals surface area contributed by atoms with Gasteiger partial charge in [-0.05, 0) is 11.4 Å². The maximum atomic E-state index is 11.7. The van der Waals surface area contributed by atoms with Crippen LogP contribution in [0.2, 0.25) is 0 Å². The summed E-state index contributed by atoms with van der Waals surface area (Å²) in [5.41, 5.74) is 5.97. The van der Waals surface area contributed by atoms with Gasteiger partial charge in [-0.2, -0.15) is 11.3 Å². The molecule has 0 saturated carbocycles. The van der Waals surface area contributed by atoms with Gasteiger partial charge in [0.1, 0.15) is 5.84 Å². The highest BCUT2D eigenvalue weighted by molar-refractivity contribution is 7.08. The minimum atomic E-state index is -0.0537. The molecule has 15 heavy (non-hydrogen) atoms. The Balaban J connectivity index is 2.48. The van der Waals surface area contributed by atoms with E-state index < -0.39 is 0 Å². The Morgan fingerprint density at radius 3 is 3.00 bits per heavy atom. The van der Waals surface area contributed by atoms with Crippen LogP contribution < -0.4 is 5.73 Å². The first-order valence-corrected chi connectivity index (χ1v) is 5.33. The van der Waals surface area contributed by atoms with E-state index in [1.807, 2.05) is 5.38 Å². The van der Waals surface area contributed by atoms with Crippen molar-refractivity contribution in [1.82, 2.24) is 4.90 Å². The Morgan fingerprint density at radius 2 is 2.47 bits per heavy atom. The number of nitrogens with zero attached hydrogens (tertiary/aromatic N) is 2. The van der Waals surface area contributed by atoms with Crippen LogP contribution in [0.5, 0.6) is 0 Å². The Labute approximate surface area is 91.8 Å². The molecule has 0 aliphatic carbocycles. The fraction of sp³-hybridized carbons (Fsp3) is 0.333. The molecule has 5 nitrogen and oxygen atoms in total. The molecule has 0 bridgehead atoms. The number of carbonyl (C=O) groups is 1. The van der Waals surface area contributed by atoms with Crippen LogP contribution in [0.15, 0.2) is 22.0 Å². The normalized spacial score (nSPS) is 11.4. The van der Waals surface area contributed by atoms with Crippen molar-refractivity contribution in [3.05, 3.63) is 22.4 Å². The van der Waals surface area contributed by atoms with Gasteiger partial charge in [0.05, 0.1) is 5.56 Å². The molecule has 0 atom stereocenters. The lowest BCUT2D eigenvalue weighted by atomic mass is 10.3. The molecule has 82 valence electrons. The van der Waals surface area contributed by atoms with E-state index >= 15 is 0 Å². The SMILES string of the molecule is CN(CC/C(N)=N/O)C(=O)c1ccsc1. The third-order valence-electron chi connectivity index (χ3n) is 1.95. The zero-order valence-electron chi connectivity index (χ0n) is 8.38. The van der Waals surface area contributed by atoms with E-state index in [0.717, 1.165) is 0 Å². The van der Waals surface area contributed by atoms with Crippen LogP contribution in [0, 0.1) is 0 Å². The molecular formula is C9H13N3O2S. The minimum absolute atomic E-state index is 0.0537. The summed E-state index contributed by atoms with van der Waals surface area (Å²) in [6.45, 7) is 0.435. The number of carbonyl (C=O) groups excluding carboxylic acids is 1. The first-order valence-electron chi connectivity index (χ1n) is 4.39. The van der Waals surface area contributed by atoms with Crippen molar-refractivity contribution < 1.29 is 10.0 Å². The van der Waals surface area contributed by atoms with Gasteiger partial charge in [-0.15, -0.1) is 0 Å². The molecule has 1 amide bonds. The molecule has 0 aliphatic heterocycles. The van der Waals surface area contributed by atoms with E-state index in [1.165, 1.54) is 11.3 Å². The standard InChI is InChI=1S/C9H13N3O2S/c1-12(4-2-8(10)11-14)9(13)7-3-5-15-6-7/h3,5-6,14H,2,4H2,1H3,(H2,10,11). The van der Waals surface area contributed by atoms with E-state index in [9.17, 15) is 4.79 Å². The Hall–Kier alpha value is -1.56. The summed E-state index contributed by atoms with van der Waals surface area (Å²) in [6, 6.07) is 1.77. The highest BCUT2D eigenvalue weighted by Crippen LogP contribution is 2.08. The summed E-state index contributed by atoms with van der Waals surface area (Å²) in [7, 11) is 1.69. The lowest BCUT2D eigenvalue weighted by Gasteiger charge is -2.15. The summed E-state index contributed by atoms with van der Waals surface area (Å²) < 4.78 is 0. The van der Waals surface area contributed by atoms with Crippen molar-refractivity contribution in [1.29, 1.82) is 0 Å². The van der Waals surface area contributed by atoms with Gasteiger partial charge < -0.3 is 15.8 Å². The van der Waals surface area contributed by atoms with E-state index in [2.05, 4.69) is 5.16 Å². The highest BCUT2D eigenvalue weighted by atomic mass is 32.1. The smallest absolute Gasteiger partial charge is 0.254 e. The minimum Gasteiger partial charge on any atom is -0.409 e. The van der Waals surface area contributed by atoms with Crippen LogP contribution in [0.3, 0.4) is 0 Å². The predicted molar refractivity (Wildman–Crippen MR) is 59.3 cm³/mol. The van der Waals surface area contributed by atoms with Crippen LogP contribution >= 0.6 is 11.3 Å². The van der Waals surface area contributed by atoms with E-state index in [0.29, 0.717) is 18.5 Å². The maximum Gasteiger partial charge on any atom is 0.254 e. The van der Waals surface area contributed by atoms with Gasteiger partial charge in [0.25, 0.3) is 5.91 Å². The van der Waals surface area contributed by atoms with Gasteiger partial charge in [-0.3, -0.25) is 4.79 Å². The quantitative estimate of drug-likeness (QED) is 0.348. The lowest BCUT2D eigenvalue weighted by Crippen LogP contribution is -2.30. The third kappa shape index (κ3) is 3.25. The van der Waals surface area contributed by atoms with Crippen molar-refractivity contribution in [2.75, 3.05) is 13.6 Å². The second kappa shape index (κ2) is 5.35. The molecule has 1 aromatic rings. The summed E-state index contributed by atoms with van der Waals surface area (Å²) in [4.78, 5) is 13.2. The molecule has 1 heterocycles. The predicted octanol–water partition coefficient (Wildman–Crippen LogP) is 0.957. The van der Waals surface area contributed by atoms with Crippen LogP contribution in [0.25, 0.3) is 0 Å². The van der Waals surface area contributed by atoms with Crippen LogP contribution in [-0.2, 0) is 0 Å². The molecule has 0 fully saturated rings. The summed E-state index contributed by atoms with van der Waals surface area (Å²) in [5, 5.41) is 14.8. The topological polar surface area (TPSA) is 78.9 Å². The number of amides is 1. The molecule has 0 aliphatic rings. The second-order valence-corrected chi connectivity index (χ2v) is 3.86. The Kier molecular flexibility index (Phi) is 4.11. The Bertz CT molecular complexity index is 348. The van der Waals surface area contributed by atoms with Gasteiger partial charge in [-0.1, -0.05) is 5.16 Å². The van der Waals surface area contributed by atoms with Crippen molar-refractivity contribution in [3.63, 3.8) is 0 Å². The maximum absolute atomic E-state index is 11.7. The fourth-order valence-electron chi connectivity index (χ4n) is 1.04. The monoisotopic (exact) mass is 227 g/mol. The highest BCUT2D eigenvalue weighted by Gasteiger charge is 2.11. The largest absolute Gasteiger partial charge is 0.409 e. The van der Waals surface area contributed by atoms with Crippen LogP contribution in [0.1, 0.15) is 16.8 Å². The van der Waals surface area contributed by atoms with Gasteiger partial charge in [0.2, 0.25) is 0 Å². The number of oxime groups is 1. The van der Waals surface area contributed by atoms with Gasteiger partial charge in [-0.25, -0.2) is 0 Å². The zero-order chi connectivity index (χ0) is 11.3. The molecule has 0 unspecified atom stereocenters. The molecule has 0 saturated heterocycles. The number of rotatable bonds is 4. The van der Waals surface area contributed by atoms with Crippen LogP contribution in [-0.4, -0.2) is 35.4 Å². The molecule has 1 aromatic heterocycles. The van der Waals surface area contributed by atoms with Crippen molar-refractivity contribution in [2.45, 2.75) is 6.42 Å². The van der Waals surface area contributed by atoms with Gasteiger partial charge in [0.15, 0.2) is 0 Å². The number of hydrogen-bond donors (Lipinski definition) is 2. The van der Waals surface area contributed by atoms with E-state index in [-0.39, 0.29) is 11.7 Å². The molecule has 1 rings (SSSR count). The lowest BCUT2D eigenvalue weighted by molar-refractivity contribution is 0.0799. The van der Waals surface area contributed by atoms with E-state index in [1.54, 1.807) is 23.4 Å². The molecule has 0 aromatic carbocycles. The Morgan fingerprint density at radius 1 is 1.73 bits per heavy atom. The van der Waals surface area contributed by atoms with Crippen molar-refractivity contribution in [3.8, 4) is 0 Å². The summed E-state index contributed by atoms with van der Waals surface area (Å²) in [6.07, 6.45) is 0.364. The number of nitrogens with two attached hydrogens (primary N) is 1.